The Morgan fingerprint density at radius 1 is 1.22 bits per heavy atom. The summed E-state index contributed by atoms with van der Waals surface area (Å²) in [6.45, 7) is 4.22. The summed E-state index contributed by atoms with van der Waals surface area (Å²) in [6.07, 6.45) is 1.28. The Balaban J connectivity index is 2.45. The van der Waals surface area contributed by atoms with E-state index in [1.807, 2.05) is 11.4 Å². The number of benzene rings is 1. The van der Waals surface area contributed by atoms with Gasteiger partial charge in [0.05, 0.1) is 9.90 Å². The van der Waals surface area contributed by atoms with Crippen molar-refractivity contribution in [2.75, 3.05) is 0 Å². The zero-order valence-electron chi connectivity index (χ0n) is 10.6. The molecule has 0 saturated heterocycles. The summed E-state index contributed by atoms with van der Waals surface area (Å²) in [5.74, 6) is 0. The molecule has 0 fully saturated rings. The number of thiophene rings is 1. The van der Waals surface area contributed by atoms with Gasteiger partial charge in [0, 0.05) is 0 Å². The Hall–Kier alpha value is -0.830. The molecule has 1 N–H and O–H groups in total. The second-order valence-electron chi connectivity index (χ2n) is 4.28. The Bertz CT molecular complexity index is 533. The van der Waals surface area contributed by atoms with Crippen LogP contribution in [0.3, 0.4) is 0 Å². The molecular formula is C15H17ClOS. The summed E-state index contributed by atoms with van der Waals surface area (Å²) in [7, 11) is 0. The van der Waals surface area contributed by atoms with Crippen LogP contribution in [0.25, 0.3) is 0 Å². The third-order valence-electron chi connectivity index (χ3n) is 3.19. The molecule has 1 heterocycles. The Morgan fingerprint density at radius 3 is 2.56 bits per heavy atom. The van der Waals surface area contributed by atoms with Gasteiger partial charge in [0.15, 0.2) is 0 Å². The van der Waals surface area contributed by atoms with Gasteiger partial charge >= 0.3 is 0 Å². The molecule has 0 bridgehead atoms. The molecule has 0 radical (unpaired) electrons. The number of halogens is 1. The zero-order valence-corrected chi connectivity index (χ0v) is 12.2. The molecule has 2 rings (SSSR count). The van der Waals surface area contributed by atoms with E-state index in [-0.39, 0.29) is 0 Å². The lowest BCUT2D eigenvalue weighted by Crippen LogP contribution is -2.03. The first-order valence-electron chi connectivity index (χ1n) is 6.20. The van der Waals surface area contributed by atoms with Gasteiger partial charge in [-0.05, 0) is 41.0 Å². The van der Waals surface area contributed by atoms with Crippen molar-refractivity contribution in [2.24, 2.45) is 0 Å². The van der Waals surface area contributed by atoms with E-state index in [0.29, 0.717) is 5.02 Å². The van der Waals surface area contributed by atoms with Crippen LogP contribution in [-0.4, -0.2) is 5.11 Å². The van der Waals surface area contributed by atoms with Gasteiger partial charge in [0.25, 0.3) is 0 Å². The van der Waals surface area contributed by atoms with Crippen molar-refractivity contribution in [1.82, 2.24) is 0 Å². The van der Waals surface area contributed by atoms with Crippen molar-refractivity contribution in [3.63, 3.8) is 0 Å². The molecule has 18 heavy (non-hydrogen) atoms. The van der Waals surface area contributed by atoms with Crippen LogP contribution in [0.5, 0.6) is 0 Å². The summed E-state index contributed by atoms with van der Waals surface area (Å²) in [5, 5.41) is 13.1. The predicted octanol–water partition coefficient (Wildman–Crippen LogP) is 4.61. The third-order valence-corrected chi connectivity index (χ3v) is 4.60. The SMILES string of the molecule is CCc1ccc(CC)c(C(O)c2sccc2Cl)c1. The van der Waals surface area contributed by atoms with Gasteiger partial charge in [-0.2, -0.15) is 0 Å². The molecule has 3 heteroatoms. The van der Waals surface area contributed by atoms with Crippen molar-refractivity contribution in [2.45, 2.75) is 32.8 Å². The highest BCUT2D eigenvalue weighted by atomic mass is 35.5. The predicted molar refractivity (Wildman–Crippen MR) is 78.6 cm³/mol. The Labute approximate surface area is 117 Å². The molecule has 0 aliphatic heterocycles. The van der Waals surface area contributed by atoms with Crippen LogP contribution in [0.2, 0.25) is 5.02 Å². The standard InChI is InChI=1S/C15H17ClOS/c1-3-10-5-6-11(4-2)12(9-10)14(17)15-13(16)7-8-18-15/h5-9,14,17H,3-4H2,1-2H3. The van der Waals surface area contributed by atoms with Crippen LogP contribution in [0, 0.1) is 0 Å². The van der Waals surface area contributed by atoms with Crippen molar-refractivity contribution in [1.29, 1.82) is 0 Å². The minimum atomic E-state index is -0.612. The number of rotatable bonds is 4. The van der Waals surface area contributed by atoms with Gasteiger partial charge in [-0.3, -0.25) is 0 Å². The van der Waals surface area contributed by atoms with Crippen LogP contribution in [0.1, 0.15) is 41.5 Å². The molecule has 1 unspecified atom stereocenters. The first kappa shape index (κ1) is 13.6. The highest BCUT2D eigenvalue weighted by Crippen LogP contribution is 2.34. The largest absolute Gasteiger partial charge is 0.383 e. The van der Waals surface area contributed by atoms with E-state index in [1.165, 1.54) is 22.5 Å². The summed E-state index contributed by atoms with van der Waals surface area (Å²) in [4.78, 5) is 0.833. The van der Waals surface area contributed by atoms with Gasteiger partial charge in [0.1, 0.15) is 6.10 Å². The summed E-state index contributed by atoms with van der Waals surface area (Å²) in [6, 6.07) is 8.17. The van der Waals surface area contributed by atoms with E-state index < -0.39 is 6.10 Å². The minimum absolute atomic E-state index is 0.612. The molecule has 0 amide bonds. The van der Waals surface area contributed by atoms with Crippen LogP contribution < -0.4 is 0 Å². The molecule has 0 aliphatic carbocycles. The number of aryl methyl sites for hydroxylation is 2. The number of aliphatic hydroxyl groups excluding tert-OH is 1. The van der Waals surface area contributed by atoms with Gasteiger partial charge in [-0.1, -0.05) is 43.6 Å². The molecule has 96 valence electrons. The van der Waals surface area contributed by atoms with Gasteiger partial charge in [-0.25, -0.2) is 0 Å². The second-order valence-corrected chi connectivity index (χ2v) is 5.63. The zero-order chi connectivity index (χ0) is 13.1. The smallest absolute Gasteiger partial charge is 0.115 e. The van der Waals surface area contributed by atoms with E-state index in [0.717, 1.165) is 23.3 Å². The molecule has 1 atom stereocenters. The average molecular weight is 281 g/mol. The topological polar surface area (TPSA) is 20.2 Å². The Morgan fingerprint density at radius 2 is 2.00 bits per heavy atom. The lowest BCUT2D eigenvalue weighted by Gasteiger charge is -2.15. The second kappa shape index (κ2) is 5.87. The number of hydrogen-bond donors (Lipinski definition) is 1. The van der Waals surface area contributed by atoms with Crippen molar-refractivity contribution < 1.29 is 5.11 Å². The van der Waals surface area contributed by atoms with E-state index in [1.54, 1.807) is 0 Å². The molecular weight excluding hydrogens is 264 g/mol. The highest BCUT2D eigenvalue weighted by molar-refractivity contribution is 7.10. The van der Waals surface area contributed by atoms with E-state index >= 15 is 0 Å². The van der Waals surface area contributed by atoms with Crippen molar-refractivity contribution in [3.8, 4) is 0 Å². The molecule has 1 aromatic heterocycles. The fourth-order valence-electron chi connectivity index (χ4n) is 2.08. The maximum atomic E-state index is 10.5. The lowest BCUT2D eigenvalue weighted by atomic mass is 9.96. The van der Waals surface area contributed by atoms with E-state index in [4.69, 9.17) is 11.6 Å². The van der Waals surface area contributed by atoms with Crippen molar-refractivity contribution >= 4 is 22.9 Å². The number of hydrogen-bond acceptors (Lipinski definition) is 2. The quantitative estimate of drug-likeness (QED) is 0.867. The first-order valence-corrected chi connectivity index (χ1v) is 7.45. The first-order chi connectivity index (χ1) is 8.67. The summed E-state index contributed by atoms with van der Waals surface area (Å²) < 4.78 is 0. The summed E-state index contributed by atoms with van der Waals surface area (Å²) in [5.41, 5.74) is 3.42. The van der Waals surface area contributed by atoms with Crippen LogP contribution in [-0.2, 0) is 12.8 Å². The van der Waals surface area contributed by atoms with Crippen molar-refractivity contribution in [3.05, 3.63) is 56.2 Å². The van der Waals surface area contributed by atoms with Crippen LogP contribution >= 0.6 is 22.9 Å². The number of aliphatic hydroxyl groups is 1. The van der Waals surface area contributed by atoms with Gasteiger partial charge in [0.2, 0.25) is 0 Å². The lowest BCUT2D eigenvalue weighted by molar-refractivity contribution is 0.223. The minimum Gasteiger partial charge on any atom is -0.383 e. The average Bonchev–Trinajstić information content (AvgIpc) is 2.83. The van der Waals surface area contributed by atoms with E-state index in [2.05, 4.69) is 32.0 Å². The van der Waals surface area contributed by atoms with Crippen LogP contribution in [0.4, 0.5) is 0 Å². The molecule has 2 aromatic rings. The fraction of sp³-hybridized carbons (Fsp3) is 0.333. The monoisotopic (exact) mass is 280 g/mol. The maximum Gasteiger partial charge on any atom is 0.115 e. The molecule has 0 spiro atoms. The Kier molecular flexibility index (Phi) is 4.44. The van der Waals surface area contributed by atoms with Crippen LogP contribution in [0.15, 0.2) is 29.6 Å². The van der Waals surface area contributed by atoms with Gasteiger partial charge < -0.3 is 5.11 Å². The molecule has 1 nitrogen and oxygen atoms in total. The fourth-order valence-corrected chi connectivity index (χ4v) is 3.24. The molecule has 0 aliphatic rings. The van der Waals surface area contributed by atoms with E-state index in [9.17, 15) is 5.11 Å². The van der Waals surface area contributed by atoms with Gasteiger partial charge in [-0.15, -0.1) is 11.3 Å². The maximum absolute atomic E-state index is 10.5. The molecule has 1 aromatic carbocycles. The third kappa shape index (κ3) is 2.61. The normalized spacial score (nSPS) is 12.7. The highest BCUT2D eigenvalue weighted by Gasteiger charge is 2.18. The molecule has 0 saturated carbocycles. The summed E-state index contributed by atoms with van der Waals surface area (Å²) >= 11 is 7.61.